The fourth-order valence-electron chi connectivity index (χ4n) is 2.05. The first-order valence-corrected chi connectivity index (χ1v) is 6.77. The summed E-state index contributed by atoms with van der Waals surface area (Å²) >= 11 is 0. The van der Waals surface area contributed by atoms with Gasteiger partial charge in [-0.1, -0.05) is 56.3 Å². The Labute approximate surface area is 114 Å². The van der Waals surface area contributed by atoms with E-state index < -0.39 is 0 Å². The molecule has 3 atom stereocenters. The highest BCUT2D eigenvalue weighted by molar-refractivity contribution is 5.79. The third kappa shape index (κ3) is 3.93. The van der Waals surface area contributed by atoms with Crippen molar-refractivity contribution < 1.29 is 9.53 Å². The third-order valence-electron chi connectivity index (χ3n) is 3.59. The van der Waals surface area contributed by atoms with Gasteiger partial charge >= 0.3 is 0 Å². The number of allylic oxidation sites excluding steroid dienone is 1. The van der Waals surface area contributed by atoms with Gasteiger partial charge in [-0.15, -0.1) is 0 Å². The molecule has 0 unspecified atom stereocenters. The SMILES string of the molecule is C[C@@H]1C=C[C@@H](COCc2ccccc2)NC(=O)[C@H]1C. The molecule has 1 N–H and O–H groups in total. The van der Waals surface area contributed by atoms with Crippen molar-refractivity contribution in [2.75, 3.05) is 6.61 Å². The first-order valence-electron chi connectivity index (χ1n) is 6.77. The van der Waals surface area contributed by atoms with Crippen LogP contribution < -0.4 is 5.32 Å². The lowest BCUT2D eigenvalue weighted by Crippen LogP contribution is -2.39. The van der Waals surface area contributed by atoms with Gasteiger partial charge in [0.2, 0.25) is 5.91 Å². The standard InChI is InChI=1S/C16H21NO2/c1-12-8-9-15(17-16(18)13(12)2)11-19-10-14-6-4-3-5-7-14/h3-9,12-13,15H,10-11H2,1-2H3,(H,17,18)/t12-,13+,15+/m1/s1. The number of hydrogen-bond donors (Lipinski definition) is 1. The number of benzene rings is 1. The minimum Gasteiger partial charge on any atom is -0.374 e. The van der Waals surface area contributed by atoms with Gasteiger partial charge in [0.05, 0.1) is 19.3 Å². The molecule has 19 heavy (non-hydrogen) atoms. The van der Waals surface area contributed by atoms with Gasteiger partial charge in [0.15, 0.2) is 0 Å². The summed E-state index contributed by atoms with van der Waals surface area (Å²) in [7, 11) is 0. The first-order chi connectivity index (χ1) is 9.16. The van der Waals surface area contributed by atoms with Crippen molar-refractivity contribution in [2.45, 2.75) is 26.5 Å². The lowest BCUT2D eigenvalue weighted by molar-refractivity contribution is -0.125. The Morgan fingerprint density at radius 2 is 1.89 bits per heavy atom. The number of hydrogen-bond acceptors (Lipinski definition) is 2. The van der Waals surface area contributed by atoms with Crippen LogP contribution in [0.1, 0.15) is 19.4 Å². The number of ether oxygens (including phenoxy) is 1. The summed E-state index contributed by atoms with van der Waals surface area (Å²) in [4.78, 5) is 11.9. The van der Waals surface area contributed by atoms with Crippen molar-refractivity contribution in [3.8, 4) is 0 Å². The predicted molar refractivity (Wildman–Crippen MR) is 75.5 cm³/mol. The molecule has 1 heterocycles. The molecule has 0 bridgehead atoms. The molecule has 1 amide bonds. The van der Waals surface area contributed by atoms with E-state index in [-0.39, 0.29) is 23.8 Å². The Balaban J connectivity index is 1.83. The molecule has 0 radical (unpaired) electrons. The minimum atomic E-state index is -0.0244. The van der Waals surface area contributed by atoms with Crippen LogP contribution in [0.5, 0.6) is 0 Å². The smallest absolute Gasteiger partial charge is 0.223 e. The largest absolute Gasteiger partial charge is 0.374 e. The Bertz CT molecular complexity index is 441. The molecule has 2 rings (SSSR count). The Hall–Kier alpha value is -1.61. The number of amides is 1. The van der Waals surface area contributed by atoms with E-state index in [1.54, 1.807) is 0 Å². The zero-order chi connectivity index (χ0) is 13.7. The van der Waals surface area contributed by atoms with E-state index in [9.17, 15) is 4.79 Å². The molecule has 1 aromatic carbocycles. The second-order valence-electron chi connectivity index (χ2n) is 5.15. The van der Waals surface area contributed by atoms with Crippen LogP contribution in [-0.4, -0.2) is 18.6 Å². The van der Waals surface area contributed by atoms with E-state index in [1.165, 1.54) is 0 Å². The third-order valence-corrected chi connectivity index (χ3v) is 3.59. The highest BCUT2D eigenvalue weighted by atomic mass is 16.5. The van der Waals surface area contributed by atoms with Gasteiger partial charge in [0.1, 0.15) is 0 Å². The molecular weight excluding hydrogens is 238 g/mol. The molecule has 3 nitrogen and oxygen atoms in total. The Kier molecular flexibility index (Phi) is 4.74. The molecule has 0 aliphatic carbocycles. The van der Waals surface area contributed by atoms with Gasteiger partial charge in [-0.3, -0.25) is 4.79 Å². The van der Waals surface area contributed by atoms with Crippen molar-refractivity contribution >= 4 is 5.91 Å². The van der Waals surface area contributed by atoms with Crippen LogP contribution in [0.3, 0.4) is 0 Å². The number of carbonyl (C=O) groups excluding carboxylic acids is 1. The summed E-state index contributed by atoms with van der Waals surface area (Å²) < 4.78 is 5.67. The lowest BCUT2D eigenvalue weighted by atomic mass is 9.96. The minimum absolute atomic E-state index is 0.0235. The van der Waals surface area contributed by atoms with Crippen LogP contribution in [0.15, 0.2) is 42.5 Å². The maximum atomic E-state index is 11.9. The van der Waals surface area contributed by atoms with Crippen molar-refractivity contribution in [1.82, 2.24) is 5.32 Å². The van der Waals surface area contributed by atoms with Crippen LogP contribution in [0.4, 0.5) is 0 Å². The molecule has 0 saturated carbocycles. The molecule has 3 heteroatoms. The van der Waals surface area contributed by atoms with Gasteiger partial charge in [-0.2, -0.15) is 0 Å². The normalized spacial score (nSPS) is 26.8. The van der Waals surface area contributed by atoms with Gasteiger partial charge in [-0.05, 0) is 11.5 Å². The fourth-order valence-corrected chi connectivity index (χ4v) is 2.05. The quantitative estimate of drug-likeness (QED) is 0.844. The molecule has 0 aromatic heterocycles. The van der Waals surface area contributed by atoms with Crippen LogP contribution in [0, 0.1) is 11.8 Å². The van der Waals surface area contributed by atoms with Gasteiger partial charge < -0.3 is 10.1 Å². The number of nitrogens with one attached hydrogen (secondary N) is 1. The molecule has 0 spiro atoms. The zero-order valence-corrected chi connectivity index (χ0v) is 11.5. The highest BCUT2D eigenvalue weighted by Crippen LogP contribution is 2.16. The van der Waals surface area contributed by atoms with E-state index in [0.717, 1.165) is 5.56 Å². The molecule has 1 aliphatic rings. The maximum Gasteiger partial charge on any atom is 0.223 e. The molecule has 1 aromatic rings. The van der Waals surface area contributed by atoms with Crippen LogP contribution in [0.2, 0.25) is 0 Å². The maximum absolute atomic E-state index is 11.9. The second kappa shape index (κ2) is 6.53. The van der Waals surface area contributed by atoms with Crippen molar-refractivity contribution in [2.24, 2.45) is 11.8 Å². The van der Waals surface area contributed by atoms with E-state index in [2.05, 4.69) is 18.3 Å². The van der Waals surface area contributed by atoms with Crippen molar-refractivity contribution in [3.05, 3.63) is 48.0 Å². The summed E-state index contributed by atoms with van der Waals surface area (Å²) in [6.07, 6.45) is 4.14. The van der Waals surface area contributed by atoms with E-state index >= 15 is 0 Å². The zero-order valence-electron chi connectivity index (χ0n) is 11.5. The van der Waals surface area contributed by atoms with Crippen LogP contribution >= 0.6 is 0 Å². The van der Waals surface area contributed by atoms with Crippen molar-refractivity contribution in [1.29, 1.82) is 0 Å². The van der Waals surface area contributed by atoms with Gasteiger partial charge in [-0.25, -0.2) is 0 Å². The fraction of sp³-hybridized carbons (Fsp3) is 0.438. The monoisotopic (exact) mass is 259 g/mol. The predicted octanol–water partition coefficient (Wildman–Crippen LogP) is 2.53. The Morgan fingerprint density at radius 1 is 1.16 bits per heavy atom. The van der Waals surface area contributed by atoms with Gasteiger partial charge in [0.25, 0.3) is 0 Å². The van der Waals surface area contributed by atoms with E-state index in [0.29, 0.717) is 13.2 Å². The topological polar surface area (TPSA) is 38.3 Å². The highest BCUT2D eigenvalue weighted by Gasteiger charge is 2.23. The Morgan fingerprint density at radius 3 is 2.63 bits per heavy atom. The number of carbonyl (C=O) groups is 1. The average molecular weight is 259 g/mol. The summed E-state index contributed by atoms with van der Waals surface area (Å²) in [6, 6.07) is 10.0. The first kappa shape index (κ1) is 13.8. The summed E-state index contributed by atoms with van der Waals surface area (Å²) in [5.41, 5.74) is 1.15. The van der Waals surface area contributed by atoms with Crippen LogP contribution in [-0.2, 0) is 16.1 Å². The van der Waals surface area contributed by atoms with E-state index in [4.69, 9.17) is 4.74 Å². The number of rotatable bonds is 4. The molecule has 102 valence electrons. The summed E-state index contributed by atoms with van der Waals surface area (Å²) in [5, 5.41) is 2.99. The van der Waals surface area contributed by atoms with Crippen LogP contribution in [0.25, 0.3) is 0 Å². The summed E-state index contributed by atoms with van der Waals surface area (Å²) in [6.45, 7) is 5.11. The molecule has 0 saturated heterocycles. The molecule has 0 fully saturated rings. The van der Waals surface area contributed by atoms with Gasteiger partial charge in [0, 0.05) is 5.92 Å². The average Bonchev–Trinajstić information content (AvgIpc) is 2.54. The van der Waals surface area contributed by atoms with E-state index in [1.807, 2.05) is 43.3 Å². The molecular formula is C16H21NO2. The lowest BCUT2D eigenvalue weighted by Gasteiger charge is -2.16. The summed E-state index contributed by atoms with van der Waals surface area (Å²) in [5.74, 6) is 0.403. The second-order valence-corrected chi connectivity index (χ2v) is 5.15. The van der Waals surface area contributed by atoms with Crippen molar-refractivity contribution in [3.63, 3.8) is 0 Å². The molecule has 1 aliphatic heterocycles.